The standard InChI is InChI=1S/C12H15NO2.C5H12O/c1-3-9-4-6-10(7-5-9)11(13)8-12(14)15-2;1-3-4-5-6-2/h4-8H,3,13H2,1-2H3;3-5H2,1-2H3/b11-8+;. The van der Waals surface area contributed by atoms with Gasteiger partial charge >= 0.3 is 5.97 Å². The van der Waals surface area contributed by atoms with Crippen LogP contribution in [0, 0.1) is 0 Å². The Morgan fingerprint density at radius 2 is 1.81 bits per heavy atom. The first-order valence-corrected chi connectivity index (χ1v) is 7.22. The van der Waals surface area contributed by atoms with Crippen molar-refractivity contribution in [1.29, 1.82) is 0 Å². The van der Waals surface area contributed by atoms with Crippen LogP contribution in [-0.2, 0) is 20.7 Å². The molecule has 0 saturated carbocycles. The minimum absolute atomic E-state index is 0.421. The van der Waals surface area contributed by atoms with Crippen LogP contribution < -0.4 is 5.73 Å². The summed E-state index contributed by atoms with van der Waals surface area (Å²) in [4.78, 5) is 10.9. The van der Waals surface area contributed by atoms with Gasteiger partial charge in [0.05, 0.1) is 7.11 Å². The van der Waals surface area contributed by atoms with Crippen molar-refractivity contribution in [2.75, 3.05) is 20.8 Å². The van der Waals surface area contributed by atoms with E-state index >= 15 is 0 Å². The third-order valence-corrected chi connectivity index (χ3v) is 2.87. The predicted molar refractivity (Wildman–Crippen MR) is 86.8 cm³/mol. The molecule has 118 valence electrons. The van der Waals surface area contributed by atoms with Gasteiger partial charge in [-0.3, -0.25) is 0 Å². The zero-order valence-electron chi connectivity index (χ0n) is 13.5. The molecule has 0 heterocycles. The highest BCUT2D eigenvalue weighted by Gasteiger charge is 2.00. The van der Waals surface area contributed by atoms with Crippen LogP contribution >= 0.6 is 0 Å². The number of benzene rings is 1. The predicted octanol–water partition coefficient (Wildman–Crippen LogP) is 3.15. The van der Waals surface area contributed by atoms with Crippen molar-refractivity contribution in [3.8, 4) is 0 Å². The van der Waals surface area contributed by atoms with E-state index in [1.165, 1.54) is 31.6 Å². The summed E-state index contributed by atoms with van der Waals surface area (Å²) >= 11 is 0. The monoisotopic (exact) mass is 293 g/mol. The molecule has 0 aliphatic carbocycles. The van der Waals surface area contributed by atoms with E-state index < -0.39 is 5.97 Å². The van der Waals surface area contributed by atoms with Gasteiger partial charge in [-0.05, 0) is 24.0 Å². The van der Waals surface area contributed by atoms with E-state index in [9.17, 15) is 4.79 Å². The summed E-state index contributed by atoms with van der Waals surface area (Å²) in [7, 11) is 3.06. The molecule has 1 rings (SSSR count). The molecule has 1 aromatic carbocycles. The Kier molecular flexibility index (Phi) is 10.9. The van der Waals surface area contributed by atoms with Crippen LogP contribution in [0.15, 0.2) is 30.3 Å². The molecule has 0 aliphatic heterocycles. The van der Waals surface area contributed by atoms with E-state index in [4.69, 9.17) is 10.5 Å². The lowest BCUT2D eigenvalue weighted by Crippen LogP contribution is -2.03. The first-order valence-electron chi connectivity index (χ1n) is 7.22. The molecule has 0 spiro atoms. The van der Waals surface area contributed by atoms with Gasteiger partial charge in [-0.2, -0.15) is 0 Å². The fourth-order valence-electron chi connectivity index (χ4n) is 1.49. The zero-order valence-corrected chi connectivity index (χ0v) is 13.5. The average Bonchev–Trinajstić information content (AvgIpc) is 2.53. The molecule has 4 heteroatoms. The van der Waals surface area contributed by atoms with Gasteiger partial charge in [0.25, 0.3) is 0 Å². The number of hydrogen-bond acceptors (Lipinski definition) is 4. The molecule has 1 aromatic rings. The van der Waals surface area contributed by atoms with Crippen molar-refractivity contribution in [1.82, 2.24) is 0 Å². The molecule has 0 bridgehead atoms. The van der Waals surface area contributed by atoms with Crippen LogP contribution in [0.4, 0.5) is 0 Å². The van der Waals surface area contributed by atoms with Crippen LogP contribution in [0.25, 0.3) is 5.70 Å². The highest BCUT2D eigenvalue weighted by atomic mass is 16.5. The van der Waals surface area contributed by atoms with E-state index in [0.29, 0.717) is 5.70 Å². The Balaban J connectivity index is 0.000000567. The third kappa shape index (κ3) is 8.87. The summed E-state index contributed by atoms with van der Waals surface area (Å²) in [5.41, 5.74) is 8.22. The summed E-state index contributed by atoms with van der Waals surface area (Å²) in [5.74, 6) is -0.438. The van der Waals surface area contributed by atoms with Gasteiger partial charge in [0, 0.05) is 25.5 Å². The minimum atomic E-state index is -0.438. The van der Waals surface area contributed by atoms with Crippen molar-refractivity contribution in [2.45, 2.75) is 33.1 Å². The molecule has 0 radical (unpaired) electrons. The van der Waals surface area contributed by atoms with Gasteiger partial charge in [-0.15, -0.1) is 0 Å². The molecule has 0 amide bonds. The summed E-state index contributed by atoms with van der Waals surface area (Å²) in [6, 6.07) is 7.78. The Bertz CT molecular complexity index is 420. The number of unbranched alkanes of at least 4 members (excludes halogenated alkanes) is 1. The summed E-state index contributed by atoms with van der Waals surface area (Å²) < 4.78 is 9.27. The molecule has 0 aromatic heterocycles. The lowest BCUT2D eigenvalue weighted by atomic mass is 10.1. The lowest BCUT2D eigenvalue weighted by Gasteiger charge is -2.02. The van der Waals surface area contributed by atoms with Crippen molar-refractivity contribution in [3.63, 3.8) is 0 Å². The van der Waals surface area contributed by atoms with Gasteiger partial charge < -0.3 is 15.2 Å². The highest BCUT2D eigenvalue weighted by Crippen LogP contribution is 2.11. The minimum Gasteiger partial charge on any atom is -0.466 e. The normalized spacial score (nSPS) is 10.6. The number of nitrogens with two attached hydrogens (primary N) is 1. The molecular formula is C17H27NO3. The van der Waals surface area contributed by atoms with E-state index in [1.54, 1.807) is 7.11 Å². The number of carbonyl (C=O) groups excluding carboxylic acids is 1. The molecule has 0 fully saturated rings. The number of rotatable bonds is 6. The quantitative estimate of drug-likeness (QED) is 0.497. The van der Waals surface area contributed by atoms with Crippen molar-refractivity contribution < 1.29 is 14.3 Å². The van der Waals surface area contributed by atoms with Crippen molar-refractivity contribution in [3.05, 3.63) is 41.5 Å². The Morgan fingerprint density at radius 1 is 1.19 bits per heavy atom. The van der Waals surface area contributed by atoms with Crippen molar-refractivity contribution >= 4 is 11.7 Å². The van der Waals surface area contributed by atoms with Gasteiger partial charge in [0.2, 0.25) is 0 Å². The Hall–Kier alpha value is -1.81. The number of carbonyl (C=O) groups is 1. The van der Waals surface area contributed by atoms with Gasteiger partial charge in [-0.1, -0.05) is 44.5 Å². The highest BCUT2D eigenvalue weighted by molar-refractivity contribution is 5.90. The largest absolute Gasteiger partial charge is 0.466 e. The fraction of sp³-hybridized carbons (Fsp3) is 0.471. The van der Waals surface area contributed by atoms with Crippen LogP contribution in [0.2, 0.25) is 0 Å². The average molecular weight is 293 g/mol. The Morgan fingerprint density at radius 3 is 2.19 bits per heavy atom. The second kappa shape index (κ2) is 12.0. The number of methoxy groups -OCH3 is 2. The van der Waals surface area contributed by atoms with E-state index in [2.05, 4.69) is 18.6 Å². The van der Waals surface area contributed by atoms with Gasteiger partial charge in [0.15, 0.2) is 0 Å². The first-order chi connectivity index (χ1) is 10.1. The van der Waals surface area contributed by atoms with Crippen LogP contribution in [0.5, 0.6) is 0 Å². The molecule has 2 N–H and O–H groups in total. The maximum atomic E-state index is 10.9. The maximum absolute atomic E-state index is 10.9. The van der Waals surface area contributed by atoms with Gasteiger partial charge in [-0.25, -0.2) is 4.79 Å². The molecule has 0 aliphatic rings. The molecular weight excluding hydrogens is 266 g/mol. The summed E-state index contributed by atoms with van der Waals surface area (Å²) in [5, 5.41) is 0. The lowest BCUT2D eigenvalue weighted by molar-refractivity contribution is -0.134. The SMILES string of the molecule is CCCCOC.CCc1ccc(/C(N)=C\C(=O)OC)cc1. The zero-order chi connectivity index (χ0) is 16.1. The topological polar surface area (TPSA) is 61.5 Å². The number of aryl methyl sites for hydroxylation is 1. The van der Waals surface area contributed by atoms with Crippen LogP contribution in [0.3, 0.4) is 0 Å². The smallest absolute Gasteiger partial charge is 0.332 e. The number of ether oxygens (including phenoxy) is 2. The summed E-state index contributed by atoms with van der Waals surface area (Å²) in [6.45, 7) is 5.15. The molecule has 0 atom stereocenters. The third-order valence-electron chi connectivity index (χ3n) is 2.87. The van der Waals surface area contributed by atoms with E-state index in [-0.39, 0.29) is 0 Å². The molecule has 0 saturated heterocycles. The maximum Gasteiger partial charge on any atom is 0.332 e. The first kappa shape index (κ1) is 19.2. The van der Waals surface area contributed by atoms with E-state index in [0.717, 1.165) is 18.6 Å². The number of esters is 1. The number of hydrogen-bond donors (Lipinski definition) is 1. The second-order valence-electron chi connectivity index (χ2n) is 4.52. The summed E-state index contributed by atoms with van der Waals surface area (Å²) in [6.07, 6.45) is 4.69. The van der Waals surface area contributed by atoms with Crippen molar-refractivity contribution in [2.24, 2.45) is 5.73 Å². The second-order valence-corrected chi connectivity index (χ2v) is 4.52. The van der Waals surface area contributed by atoms with Crippen LogP contribution in [0.1, 0.15) is 37.8 Å². The van der Waals surface area contributed by atoms with Gasteiger partial charge in [0.1, 0.15) is 0 Å². The van der Waals surface area contributed by atoms with E-state index in [1.807, 2.05) is 24.3 Å². The fourth-order valence-corrected chi connectivity index (χ4v) is 1.49. The molecule has 21 heavy (non-hydrogen) atoms. The molecule has 0 unspecified atom stereocenters. The molecule has 4 nitrogen and oxygen atoms in total. The Labute approximate surface area is 127 Å². The van der Waals surface area contributed by atoms with Crippen LogP contribution in [-0.4, -0.2) is 26.8 Å².